The van der Waals surface area contributed by atoms with Gasteiger partial charge >= 0.3 is 0 Å². The molecule has 2 heterocycles. The van der Waals surface area contributed by atoms with Crippen LogP contribution in [0.1, 0.15) is 54.4 Å². The van der Waals surface area contributed by atoms with E-state index >= 15 is 0 Å². The molecule has 0 saturated heterocycles. The largest absolute Gasteiger partial charge is 0.399 e. The van der Waals surface area contributed by atoms with Crippen molar-refractivity contribution in [3.63, 3.8) is 0 Å². The van der Waals surface area contributed by atoms with E-state index < -0.39 is 0 Å². The number of hydrogen-bond acceptors (Lipinski definition) is 6. The molecule has 0 bridgehead atoms. The van der Waals surface area contributed by atoms with Gasteiger partial charge in [0.1, 0.15) is 25.1 Å². The fourth-order valence-electron chi connectivity index (χ4n) is 4.06. The quantitative estimate of drug-likeness (QED) is 0.237. The highest BCUT2D eigenvalue weighted by Crippen LogP contribution is 2.30. The summed E-state index contributed by atoms with van der Waals surface area (Å²) in [5.74, 6) is 0. The molecule has 6 nitrogen and oxygen atoms in total. The Morgan fingerprint density at radius 2 is 2.03 bits per heavy atom. The van der Waals surface area contributed by atoms with Crippen molar-refractivity contribution in [2.45, 2.75) is 46.0 Å². The molecule has 0 fully saturated rings. The average molecular weight is 495 g/mol. The number of fused-ring (bicyclic) bond motifs is 2. The molecule has 0 radical (unpaired) electrons. The molecule has 4 rings (SSSR count). The summed E-state index contributed by atoms with van der Waals surface area (Å²) in [7, 11) is 1.54. The van der Waals surface area contributed by atoms with Gasteiger partial charge in [-0.2, -0.15) is 0 Å². The van der Waals surface area contributed by atoms with Gasteiger partial charge in [0.25, 0.3) is 0 Å². The number of rotatable bonds is 7. The van der Waals surface area contributed by atoms with E-state index in [-0.39, 0.29) is 0 Å². The van der Waals surface area contributed by atoms with Crippen LogP contribution in [-0.4, -0.2) is 35.1 Å². The van der Waals surface area contributed by atoms with Crippen LogP contribution in [0.25, 0.3) is 10.9 Å². The van der Waals surface area contributed by atoms with Crippen molar-refractivity contribution >= 4 is 38.3 Å². The van der Waals surface area contributed by atoms with Crippen molar-refractivity contribution in [2.75, 3.05) is 13.7 Å². The fourth-order valence-corrected chi connectivity index (χ4v) is 4.43. The van der Waals surface area contributed by atoms with Crippen LogP contribution in [0.2, 0.25) is 0 Å². The van der Waals surface area contributed by atoms with Crippen molar-refractivity contribution in [1.29, 1.82) is 0 Å². The molecule has 7 heteroatoms. The summed E-state index contributed by atoms with van der Waals surface area (Å²) in [5, 5.41) is 9.62. The second-order valence-electron chi connectivity index (χ2n) is 7.93. The van der Waals surface area contributed by atoms with Crippen molar-refractivity contribution < 1.29 is 9.68 Å². The van der Waals surface area contributed by atoms with Gasteiger partial charge in [-0.15, -0.1) is 0 Å². The zero-order valence-corrected chi connectivity index (χ0v) is 20.3. The van der Waals surface area contributed by atoms with Gasteiger partial charge < -0.3 is 9.68 Å². The van der Waals surface area contributed by atoms with E-state index in [0.717, 1.165) is 70.6 Å². The minimum absolute atomic E-state index is 0.537. The lowest BCUT2D eigenvalue weighted by atomic mass is 9.89. The number of aromatic nitrogens is 2. The van der Waals surface area contributed by atoms with Crippen molar-refractivity contribution in [1.82, 2.24) is 9.97 Å². The molecule has 0 saturated carbocycles. The molecule has 0 aliphatic heterocycles. The number of aryl methyl sites for hydroxylation is 2. The molecule has 2 aromatic heterocycles. The van der Waals surface area contributed by atoms with Crippen LogP contribution in [0, 0.1) is 6.92 Å². The molecular formula is C25H27BrN4O2. The standard InChI is InChI=1S/C25H27BrN4O2/c1-16-20-9-5-11-24(25(20)28-23-13-12-18(26)15-21(16)23)30-32-14-6-8-19-7-4-10-22(27-19)17(2)29-31-3/h4,7,10,12-13,15H,5-6,8-9,11,14H2,1-3H3/b29-17+,30-24+. The van der Waals surface area contributed by atoms with Gasteiger partial charge in [-0.25, -0.2) is 4.98 Å². The number of nitrogens with zero attached hydrogens (tertiary/aromatic N) is 4. The molecule has 1 aromatic carbocycles. The maximum atomic E-state index is 5.71. The van der Waals surface area contributed by atoms with Gasteiger partial charge in [0, 0.05) is 15.6 Å². The van der Waals surface area contributed by atoms with Crippen LogP contribution in [0.4, 0.5) is 0 Å². The normalized spacial score (nSPS) is 15.1. The van der Waals surface area contributed by atoms with E-state index in [1.165, 1.54) is 23.6 Å². The Bertz CT molecular complexity index is 1190. The zero-order chi connectivity index (χ0) is 22.5. The van der Waals surface area contributed by atoms with E-state index in [9.17, 15) is 0 Å². The van der Waals surface area contributed by atoms with Gasteiger partial charge in [0.2, 0.25) is 0 Å². The van der Waals surface area contributed by atoms with Crippen molar-refractivity contribution in [3.05, 3.63) is 69.1 Å². The lowest BCUT2D eigenvalue weighted by molar-refractivity contribution is 0.141. The summed E-state index contributed by atoms with van der Waals surface area (Å²) in [6.07, 6.45) is 4.63. The first kappa shape index (κ1) is 22.4. The molecule has 0 N–H and O–H groups in total. The number of pyridine rings is 2. The second kappa shape index (κ2) is 10.2. The predicted molar refractivity (Wildman–Crippen MR) is 131 cm³/mol. The lowest BCUT2D eigenvalue weighted by Gasteiger charge is -2.20. The molecule has 1 aliphatic carbocycles. The topological polar surface area (TPSA) is 69.0 Å². The summed E-state index contributed by atoms with van der Waals surface area (Å²) < 4.78 is 1.07. The first-order valence-corrected chi connectivity index (χ1v) is 11.7. The smallest absolute Gasteiger partial charge is 0.117 e. The van der Waals surface area contributed by atoms with Gasteiger partial charge in [-0.1, -0.05) is 32.3 Å². The minimum atomic E-state index is 0.537. The second-order valence-corrected chi connectivity index (χ2v) is 8.84. The van der Waals surface area contributed by atoms with E-state index in [0.29, 0.717) is 6.61 Å². The number of hydrogen-bond donors (Lipinski definition) is 0. The Labute approximate surface area is 196 Å². The van der Waals surface area contributed by atoms with Crippen LogP contribution in [0.5, 0.6) is 0 Å². The molecule has 0 spiro atoms. The SMILES string of the molecule is CO/N=C(\C)c1cccc(CCCO/N=C2\CCCc3c2nc2ccc(Br)cc2c3C)n1. The van der Waals surface area contributed by atoms with E-state index in [4.69, 9.17) is 14.7 Å². The number of oxime groups is 2. The van der Waals surface area contributed by atoms with Crippen LogP contribution < -0.4 is 0 Å². The van der Waals surface area contributed by atoms with Gasteiger partial charge in [-0.3, -0.25) is 4.98 Å². The molecule has 0 unspecified atom stereocenters. The summed E-state index contributed by atoms with van der Waals surface area (Å²) in [6, 6.07) is 12.2. The van der Waals surface area contributed by atoms with E-state index in [1.807, 2.05) is 31.2 Å². The third-order valence-electron chi connectivity index (χ3n) is 5.70. The van der Waals surface area contributed by atoms with Crippen LogP contribution in [0.3, 0.4) is 0 Å². The molecule has 0 amide bonds. The number of halogens is 1. The van der Waals surface area contributed by atoms with E-state index in [1.54, 1.807) is 0 Å². The number of benzene rings is 1. The Morgan fingerprint density at radius 1 is 1.16 bits per heavy atom. The monoisotopic (exact) mass is 494 g/mol. The predicted octanol–water partition coefficient (Wildman–Crippen LogP) is 5.76. The van der Waals surface area contributed by atoms with Gasteiger partial charge in [0.15, 0.2) is 0 Å². The third-order valence-corrected chi connectivity index (χ3v) is 6.19. The highest BCUT2D eigenvalue weighted by Gasteiger charge is 2.21. The minimum Gasteiger partial charge on any atom is -0.399 e. The Hall–Kier alpha value is -2.80. The summed E-state index contributed by atoms with van der Waals surface area (Å²) in [5.41, 5.74) is 8.10. The molecule has 32 heavy (non-hydrogen) atoms. The highest BCUT2D eigenvalue weighted by atomic mass is 79.9. The maximum absolute atomic E-state index is 5.71. The molecule has 1 aliphatic rings. The third kappa shape index (κ3) is 4.99. The van der Waals surface area contributed by atoms with Crippen LogP contribution in [0.15, 0.2) is 51.2 Å². The Balaban J connectivity index is 1.42. The summed E-state index contributed by atoms with van der Waals surface area (Å²) in [4.78, 5) is 20.1. The van der Waals surface area contributed by atoms with Gasteiger partial charge in [-0.05, 0) is 87.4 Å². The molecule has 0 atom stereocenters. The molecular weight excluding hydrogens is 468 g/mol. The highest BCUT2D eigenvalue weighted by molar-refractivity contribution is 9.10. The van der Waals surface area contributed by atoms with Crippen LogP contribution in [-0.2, 0) is 22.5 Å². The van der Waals surface area contributed by atoms with Crippen molar-refractivity contribution in [3.8, 4) is 0 Å². The molecule has 3 aromatic rings. The van der Waals surface area contributed by atoms with Gasteiger partial charge in [0.05, 0.1) is 16.9 Å². The van der Waals surface area contributed by atoms with E-state index in [2.05, 4.69) is 50.3 Å². The first-order chi connectivity index (χ1) is 15.6. The van der Waals surface area contributed by atoms with Crippen molar-refractivity contribution in [2.24, 2.45) is 10.3 Å². The first-order valence-electron chi connectivity index (χ1n) is 10.9. The Kier molecular flexibility index (Phi) is 7.15. The lowest BCUT2D eigenvalue weighted by Crippen LogP contribution is -2.16. The molecule has 166 valence electrons. The summed E-state index contributed by atoms with van der Waals surface area (Å²) in [6.45, 7) is 4.60. The van der Waals surface area contributed by atoms with Crippen LogP contribution >= 0.6 is 15.9 Å². The maximum Gasteiger partial charge on any atom is 0.117 e. The fraction of sp³-hybridized carbons (Fsp3) is 0.360. The Morgan fingerprint density at radius 3 is 2.88 bits per heavy atom. The summed E-state index contributed by atoms with van der Waals surface area (Å²) >= 11 is 3.57. The average Bonchev–Trinajstić information content (AvgIpc) is 2.80. The zero-order valence-electron chi connectivity index (χ0n) is 18.7.